The summed E-state index contributed by atoms with van der Waals surface area (Å²) in [6.45, 7) is 4.04. The van der Waals surface area contributed by atoms with Gasteiger partial charge in [-0.05, 0) is 55.8 Å². The first-order valence-corrected chi connectivity index (χ1v) is 12.6. The van der Waals surface area contributed by atoms with E-state index in [2.05, 4.69) is 5.32 Å². The van der Waals surface area contributed by atoms with Crippen LogP contribution in [0.2, 0.25) is 0 Å². The molecule has 0 aliphatic carbocycles. The van der Waals surface area contributed by atoms with Gasteiger partial charge >= 0.3 is 0 Å². The molecule has 3 aromatic carbocycles. The molecular weight excluding hydrogens is 468 g/mol. The zero-order chi connectivity index (χ0) is 25.0. The molecule has 1 amide bonds. The van der Waals surface area contributed by atoms with E-state index in [9.17, 15) is 13.2 Å². The van der Waals surface area contributed by atoms with Gasteiger partial charge in [-0.1, -0.05) is 35.9 Å². The van der Waals surface area contributed by atoms with Gasteiger partial charge in [0.05, 0.1) is 30.8 Å². The van der Waals surface area contributed by atoms with E-state index in [1.165, 1.54) is 4.31 Å². The van der Waals surface area contributed by atoms with Crippen molar-refractivity contribution in [1.82, 2.24) is 5.32 Å². The van der Waals surface area contributed by atoms with Crippen LogP contribution in [0.25, 0.3) is 0 Å². The highest BCUT2D eigenvalue weighted by Crippen LogP contribution is 2.37. The number of hydrogen-bond donors (Lipinski definition) is 1. The molecule has 1 N–H and O–H groups in total. The van der Waals surface area contributed by atoms with E-state index in [4.69, 9.17) is 14.2 Å². The van der Waals surface area contributed by atoms with Crippen LogP contribution in [0.5, 0.6) is 17.2 Å². The third-order valence-electron chi connectivity index (χ3n) is 5.61. The number of carbonyl (C=O) groups excluding carboxylic acids is 1. The smallest absolute Gasteiger partial charge is 0.264 e. The van der Waals surface area contributed by atoms with Gasteiger partial charge in [0.2, 0.25) is 0 Å². The highest BCUT2D eigenvalue weighted by Gasteiger charge is 2.37. The first kappa shape index (κ1) is 24.4. The van der Waals surface area contributed by atoms with Crippen molar-refractivity contribution in [3.63, 3.8) is 0 Å². The molecule has 3 aromatic rings. The normalized spacial score (nSPS) is 15.1. The molecule has 0 saturated heterocycles. The number of hydrogen-bond acceptors (Lipinski definition) is 6. The van der Waals surface area contributed by atoms with Gasteiger partial charge in [0.1, 0.15) is 12.4 Å². The van der Waals surface area contributed by atoms with Gasteiger partial charge < -0.3 is 19.5 Å². The summed E-state index contributed by atoms with van der Waals surface area (Å²) in [6, 6.07) is 19.1. The number of carbonyl (C=O) groups is 1. The van der Waals surface area contributed by atoms with Crippen molar-refractivity contribution in [3.05, 3.63) is 77.9 Å². The standard InChI is InChI=1S/C26H28N2O6S/c1-18-8-11-20(12-9-18)35(30,31)28-17-25(34-22-13-10-19(2)16-21(22)28)26(29)27-14-15-33-24-7-5-4-6-23(24)32-3/h4-13,16,25H,14-15,17H2,1-3H3,(H,27,29)/t25-/m1/s1. The van der Waals surface area contributed by atoms with Gasteiger partial charge in [0.15, 0.2) is 17.6 Å². The molecule has 8 nitrogen and oxygen atoms in total. The molecule has 9 heteroatoms. The molecule has 1 atom stereocenters. The average molecular weight is 497 g/mol. The summed E-state index contributed by atoms with van der Waals surface area (Å²) in [6.07, 6.45) is -1.02. The number of anilines is 1. The van der Waals surface area contributed by atoms with Crippen LogP contribution in [-0.2, 0) is 14.8 Å². The second-order valence-electron chi connectivity index (χ2n) is 8.22. The number of amides is 1. The molecule has 0 radical (unpaired) electrons. The van der Waals surface area contributed by atoms with E-state index in [-0.39, 0.29) is 24.6 Å². The van der Waals surface area contributed by atoms with Crippen LogP contribution in [0.4, 0.5) is 5.69 Å². The third kappa shape index (κ3) is 5.35. The maximum atomic E-state index is 13.5. The lowest BCUT2D eigenvalue weighted by Gasteiger charge is -2.35. The summed E-state index contributed by atoms with van der Waals surface area (Å²) < 4.78 is 45.1. The van der Waals surface area contributed by atoms with Crippen LogP contribution in [0.15, 0.2) is 71.6 Å². The number of aryl methyl sites for hydroxylation is 2. The number of benzene rings is 3. The Labute approximate surface area is 205 Å². The molecule has 0 unspecified atom stereocenters. The molecule has 4 rings (SSSR count). The van der Waals surface area contributed by atoms with Gasteiger partial charge in [-0.2, -0.15) is 0 Å². The molecule has 0 saturated carbocycles. The summed E-state index contributed by atoms with van der Waals surface area (Å²) in [5, 5.41) is 2.77. The van der Waals surface area contributed by atoms with Crippen molar-refractivity contribution < 1.29 is 27.4 Å². The van der Waals surface area contributed by atoms with Gasteiger partial charge in [-0.15, -0.1) is 0 Å². The number of para-hydroxylation sites is 2. The molecule has 1 aliphatic heterocycles. The van der Waals surface area contributed by atoms with Crippen LogP contribution < -0.4 is 23.8 Å². The summed E-state index contributed by atoms with van der Waals surface area (Å²) in [5.41, 5.74) is 2.25. The van der Waals surface area contributed by atoms with E-state index >= 15 is 0 Å². The summed E-state index contributed by atoms with van der Waals surface area (Å²) in [5.74, 6) is 1.07. The van der Waals surface area contributed by atoms with E-state index < -0.39 is 22.0 Å². The Morgan fingerprint density at radius 3 is 2.43 bits per heavy atom. The predicted molar refractivity (Wildman–Crippen MR) is 133 cm³/mol. The summed E-state index contributed by atoms with van der Waals surface area (Å²) >= 11 is 0. The Hall–Kier alpha value is -3.72. The largest absolute Gasteiger partial charge is 0.493 e. The minimum atomic E-state index is -3.91. The second-order valence-corrected chi connectivity index (χ2v) is 10.1. The fraction of sp³-hybridized carbons (Fsp3) is 0.269. The fourth-order valence-electron chi connectivity index (χ4n) is 3.75. The molecule has 184 valence electrons. The predicted octanol–water partition coefficient (Wildman–Crippen LogP) is 3.46. The Bertz CT molecular complexity index is 1310. The summed E-state index contributed by atoms with van der Waals surface area (Å²) in [4.78, 5) is 13.1. The van der Waals surface area contributed by atoms with Crippen molar-refractivity contribution in [2.75, 3.05) is 31.1 Å². The van der Waals surface area contributed by atoms with Crippen LogP contribution in [0, 0.1) is 13.8 Å². The fourth-order valence-corrected chi connectivity index (χ4v) is 5.22. The number of nitrogens with one attached hydrogen (secondary N) is 1. The number of sulfonamides is 1. The first-order valence-electron chi connectivity index (χ1n) is 11.2. The molecule has 1 aliphatic rings. The Kier molecular flexibility index (Phi) is 7.16. The lowest BCUT2D eigenvalue weighted by atomic mass is 10.1. The van der Waals surface area contributed by atoms with Gasteiger partial charge in [0.25, 0.3) is 15.9 Å². The van der Waals surface area contributed by atoms with Gasteiger partial charge in [-0.25, -0.2) is 8.42 Å². The summed E-state index contributed by atoms with van der Waals surface area (Å²) in [7, 11) is -2.35. The average Bonchev–Trinajstić information content (AvgIpc) is 2.86. The van der Waals surface area contributed by atoms with Crippen molar-refractivity contribution >= 4 is 21.6 Å². The molecule has 0 aromatic heterocycles. The number of nitrogens with zero attached hydrogens (tertiary/aromatic N) is 1. The lowest BCUT2D eigenvalue weighted by Crippen LogP contribution is -2.51. The number of ether oxygens (including phenoxy) is 3. The van der Waals surface area contributed by atoms with Crippen LogP contribution >= 0.6 is 0 Å². The first-order chi connectivity index (χ1) is 16.8. The molecule has 0 spiro atoms. The van der Waals surface area contributed by atoms with Gasteiger partial charge in [0, 0.05) is 0 Å². The molecule has 1 heterocycles. The second kappa shape index (κ2) is 10.3. The molecule has 0 fully saturated rings. The van der Waals surface area contributed by atoms with Crippen molar-refractivity contribution in [1.29, 1.82) is 0 Å². The van der Waals surface area contributed by atoms with Crippen molar-refractivity contribution in [2.45, 2.75) is 24.8 Å². The van der Waals surface area contributed by atoms with Crippen LogP contribution in [0.1, 0.15) is 11.1 Å². The third-order valence-corrected chi connectivity index (χ3v) is 7.41. The minimum Gasteiger partial charge on any atom is -0.493 e. The lowest BCUT2D eigenvalue weighted by molar-refractivity contribution is -0.127. The van der Waals surface area contributed by atoms with Crippen LogP contribution in [0.3, 0.4) is 0 Å². The maximum absolute atomic E-state index is 13.5. The van der Waals surface area contributed by atoms with E-state index in [1.54, 1.807) is 55.6 Å². The number of rotatable bonds is 8. The van der Waals surface area contributed by atoms with Gasteiger partial charge in [-0.3, -0.25) is 9.10 Å². The quantitative estimate of drug-likeness (QED) is 0.480. The Morgan fingerprint density at radius 2 is 1.71 bits per heavy atom. The van der Waals surface area contributed by atoms with E-state index in [1.807, 2.05) is 32.0 Å². The topological polar surface area (TPSA) is 94.2 Å². The highest BCUT2D eigenvalue weighted by atomic mass is 32.2. The monoisotopic (exact) mass is 496 g/mol. The zero-order valence-electron chi connectivity index (χ0n) is 19.9. The SMILES string of the molecule is COc1ccccc1OCCNC(=O)[C@H]1CN(S(=O)(=O)c2ccc(C)cc2)c2cc(C)ccc2O1. The number of fused-ring (bicyclic) bond motifs is 1. The Morgan fingerprint density at radius 1 is 1.03 bits per heavy atom. The van der Waals surface area contributed by atoms with Crippen molar-refractivity contribution in [2.24, 2.45) is 0 Å². The highest BCUT2D eigenvalue weighted by molar-refractivity contribution is 7.92. The minimum absolute atomic E-state index is 0.147. The van der Waals surface area contributed by atoms with E-state index in [0.717, 1.165) is 11.1 Å². The van der Waals surface area contributed by atoms with E-state index in [0.29, 0.717) is 22.9 Å². The van der Waals surface area contributed by atoms with Crippen LogP contribution in [-0.4, -0.2) is 47.2 Å². The molecule has 35 heavy (non-hydrogen) atoms. The molecule has 0 bridgehead atoms. The molecular formula is C26H28N2O6S. The maximum Gasteiger partial charge on any atom is 0.264 e. The number of methoxy groups -OCH3 is 1. The zero-order valence-corrected chi connectivity index (χ0v) is 20.7. The van der Waals surface area contributed by atoms with Crippen molar-refractivity contribution in [3.8, 4) is 17.2 Å². The Balaban J connectivity index is 1.49.